The molecule has 0 atom stereocenters. The molecule has 2 aromatic heterocycles. The largest absolute Gasteiger partial charge is 0.378 e. The van der Waals surface area contributed by atoms with Gasteiger partial charge in [0.25, 0.3) is 0 Å². The molecule has 2 fully saturated rings. The van der Waals surface area contributed by atoms with E-state index in [1.54, 1.807) is 11.3 Å². The smallest absolute Gasteiger partial charge is 0.346 e. The zero-order valence-electron chi connectivity index (χ0n) is 15.8. The molecule has 27 heavy (non-hydrogen) atoms. The number of carbonyl (C=O) groups excluding carboxylic acids is 1. The van der Waals surface area contributed by atoms with Gasteiger partial charge < -0.3 is 14.5 Å². The molecule has 7 nitrogen and oxygen atoms in total. The topological polar surface area (TPSA) is 63.0 Å². The molecule has 0 unspecified atom stereocenters. The quantitative estimate of drug-likeness (QED) is 0.794. The number of rotatable bonds is 2. The molecule has 4 heterocycles. The number of amides is 2. The molecule has 0 spiro atoms. The molecule has 2 amide bonds. The van der Waals surface area contributed by atoms with Crippen LogP contribution in [0.1, 0.15) is 23.4 Å². The lowest BCUT2D eigenvalue weighted by atomic mass is 10.3. The Balaban J connectivity index is 1.65. The molecular weight excluding hydrogens is 362 g/mol. The second kappa shape index (κ2) is 7.82. The summed E-state index contributed by atoms with van der Waals surface area (Å²) in [6.07, 6.45) is 4.00. The van der Waals surface area contributed by atoms with Crippen LogP contribution < -0.4 is 9.70 Å². The van der Waals surface area contributed by atoms with Crippen molar-refractivity contribution in [2.45, 2.75) is 26.7 Å². The number of pyridine rings is 1. The molecule has 4 rings (SSSR count). The van der Waals surface area contributed by atoms with Crippen molar-refractivity contribution in [3.05, 3.63) is 33.7 Å². The van der Waals surface area contributed by atoms with E-state index in [2.05, 4.69) is 34.8 Å². The van der Waals surface area contributed by atoms with Gasteiger partial charge >= 0.3 is 6.03 Å². The van der Waals surface area contributed by atoms with Gasteiger partial charge in [-0.25, -0.2) is 9.78 Å². The van der Waals surface area contributed by atoms with E-state index in [0.717, 1.165) is 74.3 Å². The van der Waals surface area contributed by atoms with Gasteiger partial charge in [0.1, 0.15) is 5.82 Å². The van der Waals surface area contributed by atoms with E-state index in [0.29, 0.717) is 4.80 Å². The van der Waals surface area contributed by atoms with Crippen LogP contribution in [0.2, 0.25) is 0 Å². The Labute approximate surface area is 162 Å². The lowest BCUT2D eigenvalue weighted by molar-refractivity contribution is 0.122. The minimum atomic E-state index is -0.139. The number of carbonyl (C=O) groups is 1. The van der Waals surface area contributed by atoms with Crippen molar-refractivity contribution >= 4 is 23.2 Å². The van der Waals surface area contributed by atoms with Crippen molar-refractivity contribution in [2.24, 2.45) is 4.99 Å². The van der Waals surface area contributed by atoms with E-state index in [4.69, 9.17) is 4.74 Å². The van der Waals surface area contributed by atoms with E-state index >= 15 is 0 Å². The van der Waals surface area contributed by atoms with Crippen LogP contribution in [0.5, 0.6) is 0 Å². The molecule has 2 aliphatic rings. The third kappa shape index (κ3) is 3.77. The molecule has 2 saturated heterocycles. The molecule has 0 aromatic carbocycles. The van der Waals surface area contributed by atoms with E-state index in [-0.39, 0.29) is 6.03 Å². The fourth-order valence-corrected chi connectivity index (χ4v) is 4.46. The maximum Gasteiger partial charge on any atom is 0.346 e. The SMILES string of the molecule is Cc1sc(=NC(=O)N2CCCC2)n(-c2ccc(N3CCOCC3)nc2)c1C. The van der Waals surface area contributed by atoms with E-state index in [1.807, 2.05) is 21.7 Å². The minimum Gasteiger partial charge on any atom is -0.378 e. The third-order valence-corrected chi connectivity index (χ3v) is 6.23. The van der Waals surface area contributed by atoms with E-state index in [9.17, 15) is 4.79 Å². The fourth-order valence-electron chi connectivity index (χ4n) is 3.49. The Bertz CT molecular complexity index is 874. The number of ether oxygens (including phenoxy) is 1. The highest BCUT2D eigenvalue weighted by atomic mass is 32.1. The van der Waals surface area contributed by atoms with Gasteiger partial charge in [-0.1, -0.05) is 0 Å². The Morgan fingerprint density at radius 1 is 1.15 bits per heavy atom. The van der Waals surface area contributed by atoms with Crippen LogP contribution in [-0.4, -0.2) is 59.9 Å². The van der Waals surface area contributed by atoms with Gasteiger partial charge in [0, 0.05) is 36.8 Å². The number of hydrogen-bond acceptors (Lipinski definition) is 5. The second-order valence-corrected chi connectivity index (χ2v) is 8.11. The number of hydrogen-bond donors (Lipinski definition) is 0. The molecule has 0 aliphatic carbocycles. The lowest BCUT2D eigenvalue weighted by Gasteiger charge is -2.27. The van der Waals surface area contributed by atoms with Crippen LogP contribution in [0.15, 0.2) is 23.3 Å². The van der Waals surface area contributed by atoms with Gasteiger partial charge in [-0.15, -0.1) is 11.3 Å². The summed E-state index contributed by atoms with van der Waals surface area (Å²) in [5.41, 5.74) is 2.02. The van der Waals surface area contributed by atoms with Crippen molar-refractivity contribution in [1.29, 1.82) is 0 Å². The zero-order valence-corrected chi connectivity index (χ0v) is 16.7. The van der Waals surface area contributed by atoms with Gasteiger partial charge in [-0.2, -0.15) is 4.99 Å². The average molecular weight is 388 g/mol. The Morgan fingerprint density at radius 3 is 2.56 bits per heavy atom. The monoisotopic (exact) mass is 387 g/mol. The fraction of sp³-hybridized carbons (Fsp3) is 0.526. The molecule has 0 N–H and O–H groups in total. The molecule has 0 radical (unpaired) electrons. The zero-order chi connectivity index (χ0) is 18.8. The highest BCUT2D eigenvalue weighted by Gasteiger charge is 2.19. The molecule has 8 heteroatoms. The second-order valence-electron chi connectivity index (χ2n) is 6.92. The summed E-state index contributed by atoms with van der Waals surface area (Å²) in [7, 11) is 0. The van der Waals surface area contributed by atoms with E-state index < -0.39 is 0 Å². The Morgan fingerprint density at radius 2 is 1.89 bits per heavy atom. The van der Waals surface area contributed by atoms with Crippen molar-refractivity contribution < 1.29 is 9.53 Å². The number of likely N-dealkylation sites (tertiary alicyclic amines) is 1. The van der Waals surface area contributed by atoms with Crippen molar-refractivity contribution in [2.75, 3.05) is 44.3 Å². The standard InChI is InChI=1S/C19H25N5O2S/c1-14-15(2)27-19(21-18(25)23-7-3-4-8-23)24(14)16-5-6-17(20-13-16)22-9-11-26-12-10-22/h5-6,13H,3-4,7-12H2,1-2H3. The van der Waals surface area contributed by atoms with Crippen molar-refractivity contribution in [3.8, 4) is 5.69 Å². The van der Waals surface area contributed by atoms with Crippen LogP contribution in [0.3, 0.4) is 0 Å². The normalized spacial score (nSPS) is 18.4. The molecular formula is C19H25N5O2S. The summed E-state index contributed by atoms with van der Waals surface area (Å²) in [6, 6.07) is 3.95. The van der Waals surface area contributed by atoms with Gasteiger partial charge in [-0.05, 0) is 38.8 Å². The third-order valence-electron chi connectivity index (χ3n) is 5.17. The number of morpholine rings is 1. The first-order valence-corrected chi connectivity index (χ1v) is 10.3. The Hall–Kier alpha value is -2.19. The highest BCUT2D eigenvalue weighted by molar-refractivity contribution is 7.09. The predicted molar refractivity (Wildman–Crippen MR) is 106 cm³/mol. The van der Waals surface area contributed by atoms with Crippen LogP contribution in [-0.2, 0) is 4.74 Å². The number of aryl methyl sites for hydroxylation is 1. The first-order chi connectivity index (χ1) is 13.1. The summed E-state index contributed by atoms with van der Waals surface area (Å²) in [5.74, 6) is 0.957. The minimum absolute atomic E-state index is 0.139. The molecule has 0 saturated carbocycles. The maximum atomic E-state index is 12.5. The van der Waals surface area contributed by atoms with Gasteiger partial charge in [0.05, 0.1) is 25.1 Å². The number of thiazole rings is 1. The van der Waals surface area contributed by atoms with Crippen molar-refractivity contribution in [3.63, 3.8) is 0 Å². The number of nitrogens with zero attached hydrogens (tertiary/aromatic N) is 5. The highest BCUT2D eigenvalue weighted by Crippen LogP contribution is 2.19. The summed E-state index contributed by atoms with van der Waals surface area (Å²) in [5, 5.41) is 0. The van der Waals surface area contributed by atoms with Crippen LogP contribution in [0.25, 0.3) is 5.69 Å². The van der Waals surface area contributed by atoms with Crippen LogP contribution in [0, 0.1) is 13.8 Å². The van der Waals surface area contributed by atoms with Gasteiger partial charge in [-0.3, -0.25) is 4.57 Å². The van der Waals surface area contributed by atoms with Crippen molar-refractivity contribution in [1.82, 2.24) is 14.5 Å². The summed E-state index contributed by atoms with van der Waals surface area (Å²) in [6.45, 7) is 8.93. The van der Waals surface area contributed by atoms with Crippen LogP contribution in [0.4, 0.5) is 10.6 Å². The number of aromatic nitrogens is 2. The average Bonchev–Trinajstić information content (AvgIpc) is 3.32. The number of urea groups is 1. The number of anilines is 1. The molecule has 2 aromatic rings. The van der Waals surface area contributed by atoms with E-state index in [1.165, 1.54) is 0 Å². The molecule has 2 aliphatic heterocycles. The van der Waals surface area contributed by atoms with Gasteiger partial charge in [0.2, 0.25) is 0 Å². The predicted octanol–water partition coefficient (Wildman–Crippen LogP) is 2.50. The molecule has 0 bridgehead atoms. The first kappa shape index (κ1) is 18.2. The van der Waals surface area contributed by atoms with Gasteiger partial charge in [0.15, 0.2) is 4.80 Å². The first-order valence-electron chi connectivity index (χ1n) is 9.45. The Kier molecular flexibility index (Phi) is 5.27. The lowest BCUT2D eigenvalue weighted by Crippen LogP contribution is -2.36. The molecule has 144 valence electrons. The summed E-state index contributed by atoms with van der Waals surface area (Å²) < 4.78 is 7.44. The van der Waals surface area contributed by atoms with Crippen LogP contribution >= 0.6 is 11.3 Å². The summed E-state index contributed by atoms with van der Waals surface area (Å²) in [4.78, 5) is 27.5. The summed E-state index contributed by atoms with van der Waals surface area (Å²) >= 11 is 1.55. The maximum absolute atomic E-state index is 12.5.